The Kier molecular flexibility index (Phi) is 14.0. The number of aliphatic hydroxyl groups excluding tert-OH is 1. The highest BCUT2D eigenvalue weighted by atomic mass is 32.1. The van der Waals surface area contributed by atoms with Crippen molar-refractivity contribution < 1.29 is 24.3 Å². The molecule has 2 aliphatic rings. The molecule has 3 atom stereocenters. The van der Waals surface area contributed by atoms with E-state index in [1.807, 2.05) is 62.4 Å². The molecule has 3 heterocycles. The van der Waals surface area contributed by atoms with E-state index < -0.39 is 23.6 Å². The number of amides is 4. The van der Waals surface area contributed by atoms with E-state index in [-0.39, 0.29) is 36.6 Å². The molecule has 0 unspecified atom stereocenters. The number of rotatable bonds is 15. The first-order valence-corrected chi connectivity index (χ1v) is 18.4. The van der Waals surface area contributed by atoms with Crippen molar-refractivity contribution in [2.75, 3.05) is 32.7 Å². The van der Waals surface area contributed by atoms with Crippen molar-refractivity contribution in [3.05, 3.63) is 41.0 Å². The van der Waals surface area contributed by atoms with Crippen molar-refractivity contribution in [1.29, 1.82) is 0 Å². The van der Waals surface area contributed by atoms with Crippen LogP contribution in [0, 0.1) is 12.3 Å². The number of likely N-dealkylation sites (tertiary alicyclic amines) is 1. The van der Waals surface area contributed by atoms with Crippen molar-refractivity contribution in [2.45, 2.75) is 110 Å². The summed E-state index contributed by atoms with van der Waals surface area (Å²) in [5, 5.41) is 19.6. The summed E-state index contributed by atoms with van der Waals surface area (Å²) in [6, 6.07) is 6.29. The number of hydrogen-bond acceptors (Lipinski definition) is 8. The van der Waals surface area contributed by atoms with E-state index in [1.54, 1.807) is 11.3 Å². The minimum Gasteiger partial charge on any atom is -0.391 e. The van der Waals surface area contributed by atoms with E-state index in [2.05, 4.69) is 20.9 Å². The molecule has 4 N–H and O–H groups in total. The number of aromatic nitrogens is 1. The first-order chi connectivity index (χ1) is 22.9. The molecule has 2 aliphatic heterocycles. The summed E-state index contributed by atoms with van der Waals surface area (Å²) in [5.74, 6) is -0.625. The molecule has 4 rings (SSSR count). The van der Waals surface area contributed by atoms with Gasteiger partial charge in [-0.15, -0.1) is 11.3 Å². The molecule has 0 saturated carbocycles. The summed E-state index contributed by atoms with van der Waals surface area (Å²) >= 11 is 1.59. The van der Waals surface area contributed by atoms with Crippen LogP contribution in [-0.4, -0.2) is 94.4 Å². The second kappa shape index (κ2) is 17.9. The zero-order valence-corrected chi connectivity index (χ0v) is 29.9. The molecule has 2 fully saturated rings. The number of nitrogens with zero attached hydrogens (tertiary/aromatic N) is 3. The van der Waals surface area contributed by atoms with Crippen molar-refractivity contribution in [2.24, 2.45) is 5.41 Å². The lowest BCUT2D eigenvalue weighted by atomic mass is 9.85. The monoisotopic (exact) mass is 682 g/mol. The van der Waals surface area contributed by atoms with Crippen molar-refractivity contribution in [3.8, 4) is 10.4 Å². The van der Waals surface area contributed by atoms with Crippen LogP contribution in [0.25, 0.3) is 10.4 Å². The minimum atomic E-state index is -0.832. The zero-order valence-electron chi connectivity index (χ0n) is 29.1. The van der Waals surface area contributed by atoms with Crippen LogP contribution in [0.4, 0.5) is 0 Å². The lowest BCUT2D eigenvalue weighted by Crippen LogP contribution is -2.57. The normalized spacial score (nSPS) is 18.9. The summed E-state index contributed by atoms with van der Waals surface area (Å²) in [4.78, 5) is 61.2. The Hall–Kier alpha value is -3.35. The van der Waals surface area contributed by atoms with Gasteiger partial charge < -0.3 is 30.9 Å². The van der Waals surface area contributed by atoms with Gasteiger partial charge in [-0.05, 0) is 36.3 Å². The molecule has 2 aromatic rings. The highest BCUT2D eigenvalue weighted by Crippen LogP contribution is 2.28. The first-order valence-electron chi connectivity index (χ1n) is 17.5. The number of nitrogens with one attached hydrogen (secondary N) is 3. The number of carbonyl (C=O) groups is 4. The van der Waals surface area contributed by atoms with E-state index in [0.29, 0.717) is 19.4 Å². The second-order valence-electron chi connectivity index (χ2n) is 14.2. The summed E-state index contributed by atoms with van der Waals surface area (Å²) < 4.78 is 0. The van der Waals surface area contributed by atoms with E-state index in [1.165, 1.54) is 4.90 Å². The van der Waals surface area contributed by atoms with Crippen LogP contribution in [0.15, 0.2) is 29.8 Å². The zero-order chi connectivity index (χ0) is 34.7. The molecule has 0 radical (unpaired) electrons. The maximum atomic E-state index is 13.9. The Balaban J connectivity index is 1.20. The van der Waals surface area contributed by atoms with Gasteiger partial charge in [-0.2, -0.15) is 0 Å². The minimum absolute atomic E-state index is 0.0447. The van der Waals surface area contributed by atoms with Crippen LogP contribution in [0.1, 0.15) is 89.8 Å². The average Bonchev–Trinajstić information content (AvgIpc) is 3.68. The Morgan fingerprint density at radius 2 is 1.65 bits per heavy atom. The fraction of sp³-hybridized carbons (Fsp3) is 0.639. The number of piperazine rings is 1. The lowest BCUT2D eigenvalue weighted by Gasteiger charge is -2.35. The van der Waals surface area contributed by atoms with Crippen LogP contribution >= 0.6 is 11.3 Å². The average molecular weight is 683 g/mol. The number of aryl methyl sites for hydroxylation is 1. The number of aliphatic hydroxyl groups is 1. The van der Waals surface area contributed by atoms with E-state index in [4.69, 9.17) is 0 Å². The Labute approximate surface area is 289 Å². The SMILES string of the molecule is Cc1ncsc1-c1ccc(CNC(=O)[C@@H]2C[C@@H](O)CN2C(=O)[C@@H](NC(=O)CCCCCCCCC(=O)N2CCNCC2)C(C)(C)C)cc1. The van der Waals surface area contributed by atoms with E-state index >= 15 is 0 Å². The standard InChI is InChI=1S/C36H54N6O5S/c1-25-32(48-24-39-25)27-15-13-26(14-16-27)22-38-34(46)29-21-28(43)23-42(29)35(47)33(36(2,3)4)40-30(44)11-9-7-5-6-8-10-12-31(45)41-19-17-37-18-20-41/h13-16,24,28-29,33,37,43H,5-12,17-23H2,1-4H3,(H,38,46)(H,40,44)/t28-,29+,33-/m1/s1. The van der Waals surface area contributed by atoms with Gasteiger partial charge in [-0.1, -0.05) is 70.7 Å². The largest absolute Gasteiger partial charge is 0.391 e. The maximum absolute atomic E-state index is 13.9. The Morgan fingerprint density at radius 3 is 2.27 bits per heavy atom. The molecule has 12 heteroatoms. The molecule has 4 amide bonds. The van der Waals surface area contributed by atoms with Crippen LogP contribution in [-0.2, 0) is 25.7 Å². The Morgan fingerprint density at radius 1 is 1.00 bits per heavy atom. The quantitative estimate of drug-likeness (QED) is 0.210. The predicted molar refractivity (Wildman–Crippen MR) is 188 cm³/mol. The summed E-state index contributed by atoms with van der Waals surface area (Å²) in [6.45, 7) is 11.3. The van der Waals surface area contributed by atoms with E-state index in [9.17, 15) is 24.3 Å². The van der Waals surface area contributed by atoms with Gasteiger partial charge >= 0.3 is 0 Å². The highest BCUT2D eigenvalue weighted by Gasteiger charge is 2.44. The van der Waals surface area contributed by atoms with Gasteiger partial charge in [0.2, 0.25) is 23.6 Å². The molecule has 0 spiro atoms. The summed E-state index contributed by atoms with van der Waals surface area (Å²) in [6.07, 6.45) is 5.78. The van der Waals surface area contributed by atoms with Gasteiger partial charge in [-0.25, -0.2) is 4.98 Å². The number of carbonyl (C=O) groups excluding carboxylic acids is 4. The fourth-order valence-electron chi connectivity index (χ4n) is 6.35. The lowest BCUT2D eigenvalue weighted by molar-refractivity contribution is -0.144. The molecule has 2 saturated heterocycles. The van der Waals surface area contributed by atoms with Gasteiger partial charge in [0.15, 0.2) is 0 Å². The molecular formula is C36H54N6O5S. The molecule has 0 aliphatic carbocycles. The number of β-amino-alcohol motifs (C(OH)–C–C–N with tert-alkyl or cyclic N) is 1. The smallest absolute Gasteiger partial charge is 0.246 e. The van der Waals surface area contributed by atoms with Crippen LogP contribution < -0.4 is 16.0 Å². The van der Waals surface area contributed by atoms with Crippen molar-refractivity contribution in [1.82, 2.24) is 30.7 Å². The fourth-order valence-corrected chi connectivity index (χ4v) is 7.17. The van der Waals surface area contributed by atoms with Crippen LogP contribution in [0.2, 0.25) is 0 Å². The third-order valence-electron chi connectivity index (χ3n) is 9.23. The number of thiazole rings is 1. The topological polar surface area (TPSA) is 144 Å². The van der Waals surface area contributed by atoms with Gasteiger partial charge in [0.05, 0.1) is 22.2 Å². The first kappa shape index (κ1) is 37.5. The second-order valence-corrected chi connectivity index (χ2v) is 15.1. The van der Waals surface area contributed by atoms with E-state index in [0.717, 1.165) is 86.4 Å². The van der Waals surface area contributed by atoms with Gasteiger partial charge in [-0.3, -0.25) is 19.2 Å². The van der Waals surface area contributed by atoms with Crippen molar-refractivity contribution in [3.63, 3.8) is 0 Å². The van der Waals surface area contributed by atoms with Gasteiger partial charge in [0.1, 0.15) is 12.1 Å². The number of unbranched alkanes of at least 4 members (excludes halogenated alkanes) is 5. The Bertz CT molecular complexity index is 1370. The molecular weight excluding hydrogens is 628 g/mol. The number of benzene rings is 1. The van der Waals surface area contributed by atoms with Gasteiger partial charge in [0.25, 0.3) is 0 Å². The predicted octanol–water partition coefficient (Wildman–Crippen LogP) is 3.78. The molecule has 1 aromatic carbocycles. The third kappa shape index (κ3) is 10.8. The maximum Gasteiger partial charge on any atom is 0.246 e. The summed E-state index contributed by atoms with van der Waals surface area (Å²) in [7, 11) is 0. The number of hydrogen-bond donors (Lipinski definition) is 4. The molecule has 11 nitrogen and oxygen atoms in total. The van der Waals surface area contributed by atoms with Gasteiger partial charge in [0, 0.05) is 58.5 Å². The highest BCUT2D eigenvalue weighted by molar-refractivity contribution is 7.13. The summed E-state index contributed by atoms with van der Waals surface area (Å²) in [5.41, 5.74) is 4.20. The van der Waals surface area contributed by atoms with Crippen LogP contribution in [0.3, 0.4) is 0 Å². The van der Waals surface area contributed by atoms with Crippen LogP contribution in [0.5, 0.6) is 0 Å². The van der Waals surface area contributed by atoms with Crippen molar-refractivity contribution >= 4 is 35.0 Å². The molecule has 48 heavy (non-hydrogen) atoms. The molecule has 0 bridgehead atoms. The molecule has 264 valence electrons. The molecule has 1 aromatic heterocycles. The third-order valence-corrected chi connectivity index (χ3v) is 10.2.